The van der Waals surface area contributed by atoms with Gasteiger partial charge in [0.15, 0.2) is 5.76 Å². The lowest BCUT2D eigenvalue weighted by Crippen LogP contribution is -2.22. The second kappa shape index (κ2) is 6.70. The number of hydrogen-bond acceptors (Lipinski definition) is 5. The fourth-order valence-corrected chi connectivity index (χ4v) is 2.65. The van der Waals surface area contributed by atoms with Gasteiger partial charge in [0.25, 0.3) is 5.56 Å². The molecule has 3 aromatic rings. The summed E-state index contributed by atoms with van der Waals surface area (Å²) in [5.74, 6) is 1.10. The fourth-order valence-electron chi connectivity index (χ4n) is 2.65. The van der Waals surface area contributed by atoms with E-state index < -0.39 is 6.61 Å². The zero-order valence-electron chi connectivity index (χ0n) is 13.6. The highest BCUT2D eigenvalue weighted by Crippen LogP contribution is 2.39. The first-order valence-corrected chi connectivity index (χ1v) is 8.17. The minimum absolute atomic E-state index is 0.0614. The monoisotopic (exact) mass is 359 g/mol. The molecule has 0 spiro atoms. The summed E-state index contributed by atoms with van der Waals surface area (Å²) < 4.78 is 35.3. The Morgan fingerprint density at radius 2 is 1.96 bits per heavy atom. The lowest BCUT2D eigenvalue weighted by molar-refractivity contribution is -0.0498. The quantitative estimate of drug-likeness (QED) is 0.674. The molecule has 0 aliphatic heterocycles. The number of ether oxygens (including phenoxy) is 1. The van der Waals surface area contributed by atoms with Crippen molar-refractivity contribution in [3.05, 3.63) is 64.3 Å². The molecule has 1 saturated carbocycles. The molecule has 1 fully saturated rings. The molecule has 1 aliphatic rings. The van der Waals surface area contributed by atoms with Gasteiger partial charge in [0, 0.05) is 23.6 Å². The predicted molar refractivity (Wildman–Crippen MR) is 88.1 cm³/mol. The molecular formula is C18H15F2N3O3. The van der Waals surface area contributed by atoms with Gasteiger partial charge in [-0.3, -0.25) is 4.79 Å². The molecular weight excluding hydrogens is 344 g/mol. The van der Waals surface area contributed by atoms with E-state index in [4.69, 9.17) is 4.52 Å². The van der Waals surface area contributed by atoms with E-state index in [0.717, 1.165) is 18.5 Å². The van der Waals surface area contributed by atoms with Crippen molar-refractivity contribution >= 4 is 0 Å². The summed E-state index contributed by atoms with van der Waals surface area (Å²) in [6.45, 7) is -2.69. The minimum atomic E-state index is -2.87. The van der Waals surface area contributed by atoms with Crippen LogP contribution in [0.4, 0.5) is 8.78 Å². The van der Waals surface area contributed by atoms with Crippen molar-refractivity contribution in [1.82, 2.24) is 14.9 Å². The summed E-state index contributed by atoms with van der Waals surface area (Å²) in [5.41, 5.74) is 1.86. The van der Waals surface area contributed by atoms with Gasteiger partial charge in [0.05, 0.1) is 11.4 Å². The first-order chi connectivity index (χ1) is 12.6. The largest absolute Gasteiger partial charge is 0.435 e. The Balaban J connectivity index is 1.56. The highest BCUT2D eigenvalue weighted by atomic mass is 19.3. The molecule has 0 unspecified atom stereocenters. The summed E-state index contributed by atoms with van der Waals surface area (Å²) in [4.78, 5) is 12.1. The molecule has 0 N–H and O–H groups in total. The maximum absolute atomic E-state index is 12.2. The van der Waals surface area contributed by atoms with Crippen LogP contribution in [0.2, 0.25) is 0 Å². The van der Waals surface area contributed by atoms with Gasteiger partial charge < -0.3 is 9.26 Å². The third-order valence-electron chi connectivity index (χ3n) is 4.12. The minimum Gasteiger partial charge on any atom is -0.435 e. The SMILES string of the molecule is O=c1ccc(-c2ccc(OC(F)F)cc2)nn1Cc1cc(C2CC2)no1. The summed E-state index contributed by atoms with van der Waals surface area (Å²) in [6, 6.07) is 10.9. The molecule has 0 atom stereocenters. The lowest BCUT2D eigenvalue weighted by atomic mass is 10.1. The van der Waals surface area contributed by atoms with Crippen molar-refractivity contribution in [2.24, 2.45) is 0 Å². The Hall–Kier alpha value is -3.03. The number of aromatic nitrogens is 3. The van der Waals surface area contributed by atoms with E-state index in [1.807, 2.05) is 6.07 Å². The molecule has 0 bridgehead atoms. The molecule has 2 aromatic heterocycles. The van der Waals surface area contributed by atoms with Gasteiger partial charge in [0.1, 0.15) is 12.3 Å². The van der Waals surface area contributed by atoms with Crippen molar-refractivity contribution in [2.75, 3.05) is 0 Å². The van der Waals surface area contributed by atoms with Gasteiger partial charge in [-0.15, -0.1) is 0 Å². The molecule has 2 heterocycles. The van der Waals surface area contributed by atoms with Crippen molar-refractivity contribution in [1.29, 1.82) is 0 Å². The van der Waals surface area contributed by atoms with E-state index in [0.29, 0.717) is 22.9 Å². The third-order valence-corrected chi connectivity index (χ3v) is 4.12. The van der Waals surface area contributed by atoms with Crippen LogP contribution >= 0.6 is 0 Å². The van der Waals surface area contributed by atoms with E-state index in [1.165, 1.54) is 22.9 Å². The molecule has 134 valence electrons. The Kier molecular flexibility index (Phi) is 4.24. The average Bonchev–Trinajstić information content (AvgIpc) is 3.37. The van der Waals surface area contributed by atoms with Crippen LogP contribution in [0.1, 0.15) is 30.2 Å². The lowest BCUT2D eigenvalue weighted by Gasteiger charge is -2.07. The van der Waals surface area contributed by atoms with Crippen LogP contribution in [0.3, 0.4) is 0 Å². The molecule has 0 saturated heterocycles. The van der Waals surface area contributed by atoms with E-state index in [2.05, 4.69) is 15.0 Å². The molecule has 26 heavy (non-hydrogen) atoms. The summed E-state index contributed by atoms with van der Waals surface area (Å²) in [5, 5.41) is 8.35. The Morgan fingerprint density at radius 3 is 2.65 bits per heavy atom. The van der Waals surface area contributed by atoms with E-state index in [1.54, 1.807) is 18.2 Å². The summed E-state index contributed by atoms with van der Waals surface area (Å²) in [6.07, 6.45) is 2.23. The molecule has 0 radical (unpaired) electrons. The molecule has 6 nitrogen and oxygen atoms in total. The van der Waals surface area contributed by atoms with Gasteiger partial charge >= 0.3 is 6.61 Å². The molecule has 1 aromatic carbocycles. The number of alkyl halides is 2. The van der Waals surface area contributed by atoms with Crippen molar-refractivity contribution in [3.63, 3.8) is 0 Å². The second-order valence-electron chi connectivity index (χ2n) is 6.11. The maximum atomic E-state index is 12.2. The topological polar surface area (TPSA) is 70.2 Å². The van der Waals surface area contributed by atoms with Gasteiger partial charge in [-0.05, 0) is 43.2 Å². The molecule has 0 amide bonds. The zero-order valence-corrected chi connectivity index (χ0v) is 13.6. The number of halogens is 2. The highest BCUT2D eigenvalue weighted by molar-refractivity contribution is 5.59. The number of hydrogen-bond donors (Lipinski definition) is 0. The normalized spacial score (nSPS) is 14.0. The van der Waals surface area contributed by atoms with Crippen molar-refractivity contribution in [2.45, 2.75) is 31.9 Å². The van der Waals surface area contributed by atoms with Crippen LogP contribution in [-0.2, 0) is 6.54 Å². The van der Waals surface area contributed by atoms with Crippen LogP contribution in [0, 0.1) is 0 Å². The fraction of sp³-hybridized carbons (Fsp3) is 0.278. The third kappa shape index (κ3) is 3.63. The smallest absolute Gasteiger partial charge is 0.387 e. The van der Waals surface area contributed by atoms with E-state index in [-0.39, 0.29) is 17.9 Å². The summed E-state index contributed by atoms with van der Waals surface area (Å²) in [7, 11) is 0. The number of benzene rings is 1. The predicted octanol–water partition coefficient (Wildman–Crippen LogP) is 3.43. The van der Waals surface area contributed by atoms with Crippen LogP contribution in [0.5, 0.6) is 5.75 Å². The van der Waals surface area contributed by atoms with Crippen LogP contribution in [-0.4, -0.2) is 21.5 Å². The van der Waals surface area contributed by atoms with E-state index >= 15 is 0 Å². The Bertz CT molecular complexity index is 962. The van der Waals surface area contributed by atoms with Gasteiger partial charge in [-0.25, -0.2) is 4.68 Å². The van der Waals surface area contributed by atoms with Gasteiger partial charge in [0.2, 0.25) is 0 Å². The van der Waals surface area contributed by atoms with Gasteiger partial charge in [-0.2, -0.15) is 13.9 Å². The highest BCUT2D eigenvalue weighted by Gasteiger charge is 2.27. The number of rotatable bonds is 6. The van der Waals surface area contributed by atoms with Crippen LogP contribution in [0.25, 0.3) is 11.3 Å². The summed E-state index contributed by atoms with van der Waals surface area (Å²) >= 11 is 0. The first-order valence-electron chi connectivity index (χ1n) is 8.17. The molecule has 1 aliphatic carbocycles. The Morgan fingerprint density at radius 1 is 1.19 bits per heavy atom. The average molecular weight is 359 g/mol. The first kappa shape index (κ1) is 16.4. The maximum Gasteiger partial charge on any atom is 0.387 e. The van der Waals surface area contributed by atoms with E-state index in [9.17, 15) is 13.6 Å². The Labute approximate surface area is 147 Å². The molecule has 8 heteroatoms. The second-order valence-corrected chi connectivity index (χ2v) is 6.11. The molecule has 4 rings (SSSR count). The van der Waals surface area contributed by atoms with Gasteiger partial charge in [-0.1, -0.05) is 5.16 Å². The number of nitrogens with zero attached hydrogens (tertiary/aromatic N) is 3. The van der Waals surface area contributed by atoms with Crippen molar-refractivity contribution in [3.8, 4) is 17.0 Å². The van der Waals surface area contributed by atoms with Crippen LogP contribution in [0.15, 0.2) is 51.8 Å². The van der Waals surface area contributed by atoms with Crippen molar-refractivity contribution < 1.29 is 18.0 Å². The van der Waals surface area contributed by atoms with Crippen LogP contribution < -0.4 is 10.3 Å². The zero-order chi connectivity index (χ0) is 18.1. The standard InChI is InChI=1S/C18H15F2N3O3/c19-18(20)25-13-5-3-11(4-6-13)15-7-8-17(24)23(21-15)10-14-9-16(22-26-14)12-1-2-12/h3-9,12,18H,1-2,10H2.